The fourth-order valence-corrected chi connectivity index (χ4v) is 1.21. The minimum Gasteiger partial charge on any atom is -0.481 e. The molecule has 0 aliphatic carbocycles. The Labute approximate surface area is 95.6 Å². The smallest absolute Gasteiger partial charge is 0.481 e. The second kappa shape index (κ2) is 6.43. The summed E-state index contributed by atoms with van der Waals surface area (Å²) in [6.45, 7) is 2.72. The van der Waals surface area contributed by atoms with Gasteiger partial charge < -0.3 is 15.5 Å². The van der Waals surface area contributed by atoms with E-state index in [1.807, 2.05) is 0 Å². The first-order chi connectivity index (χ1) is 7.64. The normalized spacial score (nSPS) is 24.5. The van der Waals surface area contributed by atoms with E-state index >= 15 is 0 Å². The van der Waals surface area contributed by atoms with Crippen LogP contribution in [0.5, 0.6) is 0 Å². The standard InChI is InChI=1S/C7H13NO2.C2HF3O2/c1-5-2-3-6(4-8-5)7(9)10;3-2(4,5)1(6)7/h5-6,8H,2-4H2,1H3,(H,9,10);(H,6,7). The lowest BCUT2D eigenvalue weighted by molar-refractivity contribution is -0.192. The van der Waals surface area contributed by atoms with Crippen molar-refractivity contribution in [3.05, 3.63) is 0 Å². The molecule has 1 saturated heterocycles. The van der Waals surface area contributed by atoms with E-state index in [0.29, 0.717) is 12.6 Å². The van der Waals surface area contributed by atoms with Gasteiger partial charge in [0.2, 0.25) is 0 Å². The molecule has 0 bridgehead atoms. The van der Waals surface area contributed by atoms with E-state index in [-0.39, 0.29) is 5.92 Å². The monoisotopic (exact) mass is 257 g/mol. The van der Waals surface area contributed by atoms with E-state index in [4.69, 9.17) is 15.0 Å². The fourth-order valence-electron chi connectivity index (χ4n) is 1.21. The number of hydrogen-bond donors (Lipinski definition) is 3. The van der Waals surface area contributed by atoms with Crippen molar-refractivity contribution in [3.8, 4) is 0 Å². The predicted octanol–water partition coefficient (Wildman–Crippen LogP) is 1.09. The molecule has 0 saturated carbocycles. The molecule has 0 aromatic carbocycles. The average molecular weight is 257 g/mol. The van der Waals surface area contributed by atoms with Gasteiger partial charge in [0, 0.05) is 12.6 Å². The fraction of sp³-hybridized carbons (Fsp3) is 0.778. The summed E-state index contributed by atoms with van der Waals surface area (Å²) in [6, 6.07) is 0.496. The minimum atomic E-state index is -5.08. The van der Waals surface area contributed by atoms with Crippen LogP contribution < -0.4 is 5.32 Å². The van der Waals surface area contributed by atoms with Crippen LogP contribution in [0.2, 0.25) is 0 Å². The third kappa shape index (κ3) is 6.77. The maximum atomic E-state index is 10.6. The number of carbonyl (C=O) groups is 2. The van der Waals surface area contributed by atoms with Crippen molar-refractivity contribution in [2.24, 2.45) is 5.92 Å². The zero-order chi connectivity index (χ0) is 13.6. The van der Waals surface area contributed by atoms with E-state index < -0.39 is 18.1 Å². The molecule has 0 aromatic heterocycles. The Morgan fingerprint density at radius 1 is 1.24 bits per heavy atom. The molecule has 17 heavy (non-hydrogen) atoms. The summed E-state index contributed by atoms with van der Waals surface area (Å²) in [4.78, 5) is 19.3. The quantitative estimate of drug-likeness (QED) is 0.654. The van der Waals surface area contributed by atoms with Crippen LogP contribution in [0, 0.1) is 5.92 Å². The van der Waals surface area contributed by atoms with Crippen LogP contribution in [0.15, 0.2) is 0 Å². The van der Waals surface area contributed by atoms with Gasteiger partial charge in [-0.2, -0.15) is 13.2 Å². The maximum Gasteiger partial charge on any atom is 0.490 e. The first-order valence-electron chi connectivity index (χ1n) is 4.91. The van der Waals surface area contributed by atoms with Crippen LogP contribution in [0.25, 0.3) is 0 Å². The molecule has 0 spiro atoms. The van der Waals surface area contributed by atoms with Gasteiger partial charge >= 0.3 is 18.1 Å². The molecule has 1 heterocycles. The van der Waals surface area contributed by atoms with Crippen molar-refractivity contribution in [1.29, 1.82) is 0 Å². The Bertz CT molecular complexity index is 272. The lowest BCUT2D eigenvalue weighted by atomic mass is 9.96. The van der Waals surface area contributed by atoms with E-state index in [1.54, 1.807) is 0 Å². The van der Waals surface area contributed by atoms with E-state index in [2.05, 4.69) is 12.2 Å². The SMILES string of the molecule is CC1CCC(C(=O)O)CN1.O=C(O)C(F)(F)F. The van der Waals surface area contributed by atoms with Crippen molar-refractivity contribution < 1.29 is 33.0 Å². The molecular weight excluding hydrogens is 243 g/mol. The van der Waals surface area contributed by atoms with Crippen molar-refractivity contribution >= 4 is 11.9 Å². The van der Waals surface area contributed by atoms with Crippen LogP contribution in [0.1, 0.15) is 19.8 Å². The molecule has 2 atom stereocenters. The van der Waals surface area contributed by atoms with Crippen LogP contribution in [-0.4, -0.2) is 40.9 Å². The second-order valence-corrected chi connectivity index (χ2v) is 3.72. The summed E-state index contributed by atoms with van der Waals surface area (Å²) in [5.41, 5.74) is 0. The maximum absolute atomic E-state index is 10.6. The molecule has 1 rings (SSSR count). The van der Waals surface area contributed by atoms with Gasteiger partial charge in [-0.15, -0.1) is 0 Å². The zero-order valence-corrected chi connectivity index (χ0v) is 9.12. The van der Waals surface area contributed by atoms with Gasteiger partial charge in [-0.1, -0.05) is 0 Å². The Balaban J connectivity index is 0.000000325. The summed E-state index contributed by atoms with van der Waals surface area (Å²) in [5, 5.41) is 18.8. The molecule has 0 radical (unpaired) electrons. The molecule has 8 heteroatoms. The number of carboxylic acids is 2. The summed E-state index contributed by atoms with van der Waals surface area (Å²) < 4.78 is 31.7. The number of halogens is 3. The molecular formula is C9H14F3NO4. The third-order valence-corrected chi connectivity index (χ3v) is 2.25. The first-order valence-corrected chi connectivity index (χ1v) is 4.91. The lowest BCUT2D eigenvalue weighted by Crippen LogP contribution is -2.39. The minimum absolute atomic E-state index is 0.156. The van der Waals surface area contributed by atoms with E-state index in [1.165, 1.54) is 0 Å². The zero-order valence-electron chi connectivity index (χ0n) is 9.12. The number of piperidine rings is 1. The molecule has 0 amide bonds. The van der Waals surface area contributed by atoms with E-state index in [9.17, 15) is 18.0 Å². The molecule has 100 valence electrons. The molecule has 0 aromatic rings. The van der Waals surface area contributed by atoms with Crippen molar-refractivity contribution in [2.45, 2.75) is 32.0 Å². The first kappa shape index (κ1) is 15.7. The van der Waals surface area contributed by atoms with Crippen molar-refractivity contribution in [3.63, 3.8) is 0 Å². The highest BCUT2D eigenvalue weighted by atomic mass is 19.4. The van der Waals surface area contributed by atoms with Crippen LogP contribution in [0.4, 0.5) is 13.2 Å². The number of alkyl halides is 3. The molecule has 2 unspecified atom stereocenters. The summed E-state index contributed by atoms with van der Waals surface area (Å²) in [7, 11) is 0. The van der Waals surface area contributed by atoms with Gasteiger partial charge in [-0.05, 0) is 19.8 Å². The van der Waals surface area contributed by atoms with Crippen LogP contribution >= 0.6 is 0 Å². The Morgan fingerprint density at radius 2 is 1.71 bits per heavy atom. The molecule has 1 aliphatic heterocycles. The topological polar surface area (TPSA) is 86.6 Å². The highest BCUT2D eigenvalue weighted by molar-refractivity contribution is 5.73. The Morgan fingerprint density at radius 3 is 1.94 bits per heavy atom. The van der Waals surface area contributed by atoms with Crippen LogP contribution in [0.3, 0.4) is 0 Å². The van der Waals surface area contributed by atoms with Gasteiger partial charge in [0.05, 0.1) is 5.92 Å². The van der Waals surface area contributed by atoms with Gasteiger partial charge in [0.25, 0.3) is 0 Å². The van der Waals surface area contributed by atoms with Gasteiger partial charge in [0.15, 0.2) is 0 Å². The number of aliphatic carboxylic acids is 2. The van der Waals surface area contributed by atoms with Crippen molar-refractivity contribution in [2.75, 3.05) is 6.54 Å². The number of nitrogens with one attached hydrogen (secondary N) is 1. The summed E-state index contributed by atoms with van der Waals surface area (Å²) in [5.74, 6) is -3.58. The average Bonchev–Trinajstić information content (AvgIpc) is 2.17. The number of rotatable bonds is 1. The number of hydrogen-bond acceptors (Lipinski definition) is 3. The predicted molar refractivity (Wildman–Crippen MR) is 51.5 cm³/mol. The van der Waals surface area contributed by atoms with Gasteiger partial charge in [-0.25, -0.2) is 4.79 Å². The van der Waals surface area contributed by atoms with Crippen molar-refractivity contribution in [1.82, 2.24) is 5.32 Å². The number of carboxylic acid groups (broad SMARTS) is 2. The highest BCUT2D eigenvalue weighted by Gasteiger charge is 2.38. The Kier molecular flexibility index (Phi) is 5.94. The highest BCUT2D eigenvalue weighted by Crippen LogP contribution is 2.13. The van der Waals surface area contributed by atoms with Gasteiger partial charge in [0.1, 0.15) is 0 Å². The van der Waals surface area contributed by atoms with E-state index in [0.717, 1.165) is 12.8 Å². The molecule has 3 N–H and O–H groups in total. The summed E-state index contributed by atoms with van der Waals surface area (Å²) >= 11 is 0. The van der Waals surface area contributed by atoms with Gasteiger partial charge in [-0.3, -0.25) is 4.79 Å². The second-order valence-electron chi connectivity index (χ2n) is 3.72. The lowest BCUT2D eigenvalue weighted by Gasteiger charge is -2.24. The molecule has 5 nitrogen and oxygen atoms in total. The third-order valence-electron chi connectivity index (χ3n) is 2.25. The Hall–Kier alpha value is -1.31. The molecule has 1 fully saturated rings. The van der Waals surface area contributed by atoms with Crippen LogP contribution in [-0.2, 0) is 9.59 Å². The summed E-state index contributed by atoms with van der Waals surface area (Å²) in [6.07, 6.45) is -3.28. The molecule has 1 aliphatic rings. The largest absolute Gasteiger partial charge is 0.490 e.